The van der Waals surface area contributed by atoms with E-state index in [1.165, 1.54) is 36.1 Å². The number of aliphatic hydroxyl groups is 1. The average Bonchev–Trinajstić information content (AvgIpc) is 2.97. The summed E-state index contributed by atoms with van der Waals surface area (Å²) in [5.74, 6) is 0.994. The molecule has 2 rings (SSSR count). The van der Waals surface area contributed by atoms with E-state index in [0.717, 1.165) is 16.7 Å². The number of hydrogen-bond acceptors (Lipinski definition) is 3. The summed E-state index contributed by atoms with van der Waals surface area (Å²) in [5.41, 5.74) is 1.15. The number of benzene rings is 1. The molecule has 0 atom stereocenters. The highest BCUT2D eigenvalue weighted by Gasteiger charge is 2.19. The van der Waals surface area contributed by atoms with Crippen molar-refractivity contribution in [1.29, 1.82) is 0 Å². The van der Waals surface area contributed by atoms with Crippen LogP contribution in [0.1, 0.15) is 45.1 Å². The molecular weight excluding hydrogens is 308 g/mol. The van der Waals surface area contributed by atoms with Gasteiger partial charge in [0.1, 0.15) is 0 Å². The summed E-state index contributed by atoms with van der Waals surface area (Å²) in [6.07, 6.45) is 5.40. The van der Waals surface area contributed by atoms with E-state index in [1.807, 2.05) is 30.0 Å². The van der Waals surface area contributed by atoms with Crippen LogP contribution in [-0.2, 0) is 5.75 Å². The first-order valence-electron chi connectivity index (χ1n) is 8.28. The highest BCUT2D eigenvalue weighted by molar-refractivity contribution is 7.99. The molecule has 0 radical (unpaired) electrons. The lowest BCUT2D eigenvalue weighted by atomic mass is 10.1. The van der Waals surface area contributed by atoms with Crippen LogP contribution in [0.5, 0.6) is 0 Å². The summed E-state index contributed by atoms with van der Waals surface area (Å²) in [7, 11) is 1.69. The van der Waals surface area contributed by atoms with Crippen LogP contribution in [0.2, 0.25) is 0 Å². The first kappa shape index (κ1) is 18.1. The molecule has 0 aromatic heterocycles. The number of carbonyl (C=O) groups is 1. The zero-order valence-electron chi connectivity index (χ0n) is 14.3. The van der Waals surface area contributed by atoms with Crippen LogP contribution in [0.3, 0.4) is 0 Å². The fourth-order valence-corrected chi connectivity index (χ4v) is 4.15. The lowest BCUT2D eigenvalue weighted by molar-refractivity contribution is 0.0550. The SMILES string of the molecule is CN(CC(C)(C)O)C(=O)Nc1cccc(CSC2CCCC2)c1. The lowest BCUT2D eigenvalue weighted by Gasteiger charge is -2.25. The molecule has 0 aliphatic heterocycles. The van der Waals surface area contributed by atoms with Crippen molar-refractivity contribution >= 4 is 23.5 Å². The second-order valence-electron chi connectivity index (χ2n) is 7.02. The number of urea groups is 1. The molecule has 1 saturated carbocycles. The van der Waals surface area contributed by atoms with E-state index in [4.69, 9.17) is 0 Å². The van der Waals surface area contributed by atoms with E-state index < -0.39 is 5.60 Å². The van der Waals surface area contributed by atoms with Gasteiger partial charge < -0.3 is 15.3 Å². The number of nitrogens with one attached hydrogen (secondary N) is 1. The van der Waals surface area contributed by atoms with Gasteiger partial charge in [0.15, 0.2) is 0 Å². The first-order chi connectivity index (χ1) is 10.8. The number of amides is 2. The monoisotopic (exact) mass is 336 g/mol. The van der Waals surface area contributed by atoms with Crippen molar-refractivity contribution < 1.29 is 9.90 Å². The Morgan fingerprint density at radius 3 is 2.74 bits per heavy atom. The van der Waals surface area contributed by atoms with Gasteiger partial charge in [-0.15, -0.1) is 0 Å². The zero-order valence-corrected chi connectivity index (χ0v) is 15.2. The smallest absolute Gasteiger partial charge is 0.321 e. The van der Waals surface area contributed by atoms with Crippen molar-refractivity contribution in [2.75, 3.05) is 18.9 Å². The van der Waals surface area contributed by atoms with Crippen molar-refractivity contribution in [1.82, 2.24) is 4.90 Å². The maximum absolute atomic E-state index is 12.2. The van der Waals surface area contributed by atoms with E-state index in [-0.39, 0.29) is 12.6 Å². The average molecular weight is 337 g/mol. The van der Waals surface area contributed by atoms with E-state index >= 15 is 0 Å². The molecule has 0 unspecified atom stereocenters. The number of nitrogens with zero attached hydrogens (tertiary/aromatic N) is 1. The quantitative estimate of drug-likeness (QED) is 0.822. The van der Waals surface area contributed by atoms with Crippen LogP contribution in [0.4, 0.5) is 10.5 Å². The summed E-state index contributed by atoms with van der Waals surface area (Å²) < 4.78 is 0. The number of carbonyl (C=O) groups excluding carboxylic acids is 1. The van der Waals surface area contributed by atoms with Gasteiger partial charge in [0.2, 0.25) is 0 Å². The van der Waals surface area contributed by atoms with Gasteiger partial charge in [0.05, 0.1) is 12.1 Å². The van der Waals surface area contributed by atoms with Gasteiger partial charge >= 0.3 is 6.03 Å². The van der Waals surface area contributed by atoms with Crippen LogP contribution in [0, 0.1) is 0 Å². The molecule has 23 heavy (non-hydrogen) atoms. The van der Waals surface area contributed by atoms with Crippen molar-refractivity contribution in [3.05, 3.63) is 29.8 Å². The van der Waals surface area contributed by atoms with Crippen LogP contribution < -0.4 is 5.32 Å². The first-order valence-corrected chi connectivity index (χ1v) is 9.33. The number of anilines is 1. The number of thioether (sulfide) groups is 1. The third kappa shape index (κ3) is 6.43. The molecule has 0 saturated heterocycles. The minimum atomic E-state index is -0.897. The predicted molar refractivity (Wildman–Crippen MR) is 97.9 cm³/mol. The minimum absolute atomic E-state index is 0.201. The van der Waals surface area contributed by atoms with Crippen LogP contribution in [-0.4, -0.2) is 40.5 Å². The molecule has 2 amide bonds. The largest absolute Gasteiger partial charge is 0.389 e. The van der Waals surface area contributed by atoms with Gasteiger partial charge in [-0.3, -0.25) is 0 Å². The Hall–Kier alpha value is -1.20. The van der Waals surface area contributed by atoms with Crippen LogP contribution in [0.25, 0.3) is 0 Å². The second-order valence-corrected chi connectivity index (χ2v) is 8.31. The normalized spacial score (nSPS) is 15.7. The Bertz CT molecular complexity index is 522. The highest BCUT2D eigenvalue weighted by Crippen LogP contribution is 2.31. The van der Waals surface area contributed by atoms with Crippen molar-refractivity contribution in [2.45, 2.75) is 56.1 Å². The molecule has 1 aliphatic carbocycles. The number of hydrogen-bond donors (Lipinski definition) is 2. The third-order valence-corrected chi connectivity index (χ3v) is 5.38. The summed E-state index contributed by atoms with van der Waals surface area (Å²) in [5, 5.41) is 13.5. The molecule has 128 valence electrons. The molecular formula is C18H28N2O2S. The van der Waals surface area contributed by atoms with Gasteiger partial charge in [-0.2, -0.15) is 11.8 Å². The molecule has 4 nitrogen and oxygen atoms in total. The number of likely N-dealkylation sites (N-methyl/N-ethyl adjacent to an activating group) is 1. The van der Waals surface area contributed by atoms with Crippen molar-refractivity contribution in [3.63, 3.8) is 0 Å². The zero-order chi connectivity index (χ0) is 16.9. The minimum Gasteiger partial charge on any atom is -0.389 e. The topological polar surface area (TPSA) is 52.6 Å². The van der Waals surface area contributed by atoms with Crippen molar-refractivity contribution in [2.24, 2.45) is 0 Å². The molecule has 1 aliphatic rings. The third-order valence-electron chi connectivity index (χ3n) is 3.94. The van der Waals surface area contributed by atoms with Gasteiger partial charge in [-0.1, -0.05) is 25.0 Å². The molecule has 0 spiro atoms. The Morgan fingerprint density at radius 2 is 2.09 bits per heavy atom. The van der Waals surface area contributed by atoms with E-state index in [2.05, 4.69) is 11.4 Å². The fourth-order valence-electron chi connectivity index (χ4n) is 2.88. The molecule has 0 heterocycles. The summed E-state index contributed by atoms with van der Waals surface area (Å²) in [4.78, 5) is 13.7. The standard InChI is InChI=1S/C18H28N2O2S/c1-18(2,22)13-20(3)17(21)19-15-8-6-7-14(11-15)12-23-16-9-4-5-10-16/h6-8,11,16,22H,4-5,9-10,12-13H2,1-3H3,(H,19,21). The summed E-state index contributed by atoms with van der Waals surface area (Å²) in [6, 6.07) is 7.83. The van der Waals surface area contributed by atoms with Gasteiger partial charge in [0.25, 0.3) is 0 Å². The molecule has 2 N–H and O–H groups in total. The fraction of sp³-hybridized carbons (Fsp3) is 0.611. The summed E-state index contributed by atoms with van der Waals surface area (Å²) in [6.45, 7) is 3.67. The Balaban J connectivity index is 1.87. The Morgan fingerprint density at radius 1 is 1.39 bits per heavy atom. The maximum Gasteiger partial charge on any atom is 0.321 e. The summed E-state index contributed by atoms with van der Waals surface area (Å²) >= 11 is 2.02. The molecule has 1 aromatic carbocycles. The Kier molecular flexibility index (Phi) is 6.36. The van der Waals surface area contributed by atoms with Gasteiger partial charge in [-0.25, -0.2) is 4.79 Å². The van der Waals surface area contributed by atoms with Gasteiger partial charge in [-0.05, 0) is 44.4 Å². The maximum atomic E-state index is 12.2. The lowest BCUT2D eigenvalue weighted by Crippen LogP contribution is -2.41. The van der Waals surface area contributed by atoms with E-state index in [1.54, 1.807) is 20.9 Å². The van der Waals surface area contributed by atoms with Crippen molar-refractivity contribution in [3.8, 4) is 0 Å². The Labute approximate surface area is 143 Å². The molecule has 5 heteroatoms. The van der Waals surface area contributed by atoms with Gasteiger partial charge in [0, 0.05) is 23.7 Å². The van der Waals surface area contributed by atoms with E-state index in [9.17, 15) is 9.90 Å². The van der Waals surface area contributed by atoms with E-state index in [0.29, 0.717) is 0 Å². The molecule has 0 bridgehead atoms. The number of rotatable bonds is 6. The van der Waals surface area contributed by atoms with Crippen LogP contribution >= 0.6 is 11.8 Å². The highest BCUT2D eigenvalue weighted by atomic mass is 32.2. The van der Waals surface area contributed by atoms with Crippen LogP contribution in [0.15, 0.2) is 24.3 Å². The molecule has 1 fully saturated rings. The molecule has 1 aromatic rings. The predicted octanol–water partition coefficient (Wildman–Crippen LogP) is 4.10. The second kappa shape index (κ2) is 8.06.